The molecule has 0 aliphatic carbocycles. The van der Waals surface area contributed by atoms with Gasteiger partial charge in [-0.1, -0.05) is 0 Å². The van der Waals surface area contributed by atoms with Crippen LogP contribution in [0.25, 0.3) is 0 Å². The molecule has 12 heteroatoms. The predicted molar refractivity (Wildman–Crippen MR) is 67.9 cm³/mol. The number of hydrogen-bond donors (Lipinski definition) is 2. The molecule has 0 unspecified atom stereocenters. The number of aliphatic hydroxyl groups is 2. The van der Waals surface area contributed by atoms with Crippen LogP contribution in [0.3, 0.4) is 0 Å². The summed E-state index contributed by atoms with van der Waals surface area (Å²) in [5.74, 6) is 0.949. The first-order chi connectivity index (χ1) is 10.3. The maximum Gasteiger partial charge on any atom is 1.00 e. The molecular weight excluding hydrogens is 365 g/mol. The first-order valence-corrected chi connectivity index (χ1v) is 7.75. The van der Waals surface area contributed by atoms with Crippen molar-refractivity contribution in [2.75, 3.05) is 13.7 Å². The largest absolute Gasteiger partial charge is 1.00 e. The minimum Gasteiger partial charge on any atom is -0.790 e. The van der Waals surface area contributed by atoms with Crippen LogP contribution in [0.15, 0.2) is 24.3 Å². The molecule has 1 heterocycles. The van der Waals surface area contributed by atoms with Crippen LogP contribution < -0.4 is 78.4 Å². The van der Waals surface area contributed by atoms with Crippen molar-refractivity contribution in [1.29, 1.82) is 0 Å². The summed E-state index contributed by atoms with van der Waals surface area (Å²) in [7, 11) is -3.68. The average molecular weight is 380 g/mol. The van der Waals surface area contributed by atoms with E-state index in [9.17, 15) is 24.6 Å². The minimum atomic E-state index is -5.19. The Hall–Kier alpha value is 0.810. The minimum absolute atomic E-state index is 0. The summed E-state index contributed by atoms with van der Waals surface area (Å²) in [6.07, 6.45) is -5.30. The van der Waals surface area contributed by atoms with Crippen LogP contribution in [0.1, 0.15) is 0 Å². The fraction of sp³-hybridized carbons (Fsp3) is 0.500. The normalized spacial score (nSPS) is 26.2. The van der Waals surface area contributed by atoms with Crippen LogP contribution in [0.4, 0.5) is 0 Å². The van der Waals surface area contributed by atoms with Crippen molar-refractivity contribution in [3.05, 3.63) is 24.3 Å². The van der Waals surface area contributed by atoms with Gasteiger partial charge in [0.25, 0.3) is 0 Å². The summed E-state index contributed by atoms with van der Waals surface area (Å²) in [6, 6.07) is 6.38. The van der Waals surface area contributed by atoms with E-state index >= 15 is 0 Å². The molecule has 2 rings (SSSR count). The molecule has 0 saturated carbocycles. The Bertz CT molecular complexity index is 538. The standard InChI is InChI=1S/C12H17O9P.2Na/c1-18-7-2-4-8(5-3-7)20-12-11(14)10(13)9(21-12)6-19-22(15,16)17;;/h2-5,9-14H,6H2,1H3,(H2,15,16,17);;/q;2*+1/p-2/t9-,10-,11-,12-;;/m1../s1. The van der Waals surface area contributed by atoms with Gasteiger partial charge in [-0.05, 0) is 24.3 Å². The van der Waals surface area contributed by atoms with Gasteiger partial charge in [-0.25, -0.2) is 0 Å². The number of phosphoric ester groups is 1. The summed E-state index contributed by atoms with van der Waals surface area (Å²) in [4.78, 5) is 20.8. The van der Waals surface area contributed by atoms with Gasteiger partial charge in [-0.15, -0.1) is 0 Å². The number of methoxy groups -OCH3 is 1. The Morgan fingerprint density at radius 2 is 1.67 bits per heavy atom. The van der Waals surface area contributed by atoms with Crippen LogP contribution in [0.2, 0.25) is 0 Å². The van der Waals surface area contributed by atoms with Crippen molar-refractivity contribution in [2.45, 2.75) is 24.6 Å². The maximum absolute atomic E-state index is 10.4. The monoisotopic (exact) mass is 380 g/mol. The Morgan fingerprint density at radius 3 is 2.17 bits per heavy atom. The zero-order valence-electron chi connectivity index (χ0n) is 13.5. The first-order valence-electron chi connectivity index (χ1n) is 6.29. The molecule has 4 atom stereocenters. The summed E-state index contributed by atoms with van der Waals surface area (Å²) >= 11 is 0. The average Bonchev–Trinajstić information content (AvgIpc) is 2.73. The molecule has 1 saturated heterocycles. The van der Waals surface area contributed by atoms with E-state index in [1.165, 1.54) is 7.11 Å². The van der Waals surface area contributed by atoms with Gasteiger partial charge in [0.05, 0.1) is 21.5 Å². The van der Waals surface area contributed by atoms with Gasteiger partial charge in [-0.3, -0.25) is 0 Å². The fourth-order valence-corrected chi connectivity index (χ4v) is 2.23. The molecule has 24 heavy (non-hydrogen) atoms. The number of ether oxygens (including phenoxy) is 3. The molecule has 1 aromatic rings. The Kier molecular flexibility index (Phi) is 11.2. The number of benzene rings is 1. The molecule has 1 aliphatic rings. The first kappa shape index (κ1) is 24.8. The second-order valence-corrected chi connectivity index (χ2v) is 5.71. The second kappa shape index (κ2) is 10.8. The van der Waals surface area contributed by atoms with Gasteiger partial charge in [0.1, 0.15) is 29.8 Å². The van der Waals surface area contributed by atoms with E-state index in [0.29, 0.717) is 11.5 Å². The number of aliphatic hydroxyl groups excluding tert-OH is 2. The SMILES string of the molecule is COc1ccc(O[C@@H]2O[C@H](COP(=O)([O-])[O-])[C@@H](O)[C@H]2O)cc1.[Na+].[Na+]. The van der Waals surface area contributed by atoms with E-state index in [0.717, 1.165) is 0 Å². The smallest absolute Gasteiger partial charge is 0.790 e. The van der Waals surface area contributed by atoms with Crippen molar-refractivity contribution in [3.63, 3.8) is 0 Å². The summed E-state index contributed by atoms with van der Waals surface area (Å²) in [6.45, 7) is -0.703. The van der Waals surface area contributed by atoms with E-state index in [-0.39, 0.29) is 59.1 Å². The van der Waals surface area contributed by atoms with Gasteiger partial charge < -0.3 is 43.3 Å². The van der Waals surface area contributed by atoms with Crippen LogP contribution in [-0.2, 0) is 13.8 Å². The fourth-order valence-electron chi connectivity index (χ4n) is 1.90. The summed E-state index contributed by atoms with van der Waals surface area (Å²) in [5, 5.41) is 19.5. The summed E-state index contributed by atoms with van der Waals surface area (Å²) < 4.78 is 29.9. The van der Waals surface area contributed by atoms with Crippen molar-refractivity contribution < 1.29 is 102 Å². The quantitative estimate of drug-likeness (QED) is 0.364. The van der Waals surface area contributed by atoms with Crippen LogP contribution >= 0.6 is 7.82 Å². The van der Waals surface area contributed by atoms with E-state index in [2.05, 4.69) is 4.52 Å². The number of phosphoric acid groups is 1. The van der Waals surface area contributed by atoms with Crippen molar-refractivity contribution in [3.8, 4) is 11.5 Å². The molecule has 0 amide bonds. The molecule has 1 aliphatic heterocycles. The summed E-state index contributed by atoms with van der Waals surface area (Å²) in [5.41, 5.74) is 0. The van der Waals surface area contributed by atoms with E-state index in [1.807, 2.05) is 0 Å². The van der Waals surface area contributed by atoms with Gasteiger partial charge in [0.15, 0.2) is 0 Å². The Morgan fingerprint density at radius 1 is 1.12 bits per heavy atom. The predicted octanol–water partition coefficient (Wildman–Crippen LogP) is -7.63. The molecule has 1 fully saturated rings. The Labute approximate surface area is 183 Å². The molecule has 0 radical (unpaired) electrons. The van der Waals surface area contributed by atoms with Crippen LogP contribution in [-0.4, -0.2) is 48.5 Å². The number of hydrogen-bond acceptors (Lipinski definition) is 9. The van der Waals surface area contributed by atoms with Gasteiger partial charge in [0.2, 0.25) is 6.29 Å². The third-order valence-electron chi connectivity index (χ3n) is 3.03. The zero-order valence-corrected chi connectivity index (χ0v) is 18.4. The van der Waals surface area contributed by atoms with Gasteiger partial charge >= 0.3 is 59.1 Å². The van der Waals surface area contributed by atoms with E-state index < -0.39 is 39.0 Å². The second-order valence-electron chi connectivity index (χ2n) is 4.56. The van der Waals surface area contributed by atoms with Gasteiger partial charge in [0, 0.05) is 0 Å². The van der Waals surface area contributed by atoms with Crippen molar-refractivity contribution in [2.24, 2.45) is 0 Å². The Balaban J connectivity index is 0.00000264. The number of rotatable bonds is 6. The topological polar surface area (TPSA) is 141 Å². The third kappa shape index (κ3) is 7.20. The van der Waals surface area contributed by atoms with Gasteiger partial charge in [-0.2, -0.15) is 0 Å². The van der Waals surface area contributed by atoms with Crippen LogP contribution in [0, 0.1) is 0 Å². The third-order valence-corrected chi connectivity index (χ3v) is 3.49. The van der Waals surface area contributed by atoms with Crippen molar-refractivity contribution in [1.82, 2.24) is 0 Å². The molecular formula is C12H15Na2O9P. The van der Waals surface area contributed by atoms with Crippen LogP contribution in [0.5, 0.6) is 11.5 Å². The molecule has 124 valence electrons. The van der Waals surface area contributed by atoms with Crippen molar-refractivity contribution >= 4 is 7.82 Å². The molecule has 9 nitrogen and oxygen atoms in total. The molecule has 0 bridgehead atoms. The zero-order chi connectivity index (χ0) is 16.3. The van der Waals surface area contributed by atoms with E-state index in [4.69, 9.17) is 14.2 Å². The molecule has 0 spiro atoms. The molecule has 0 aromatic heterocycles. The molecule has 1 aromatic carbocycles. The van der Waals surface area contributed by atoms with E-state index in [1.54, 1.807) is 24.3 Å². The molecule has 2 N–H and O–H groups in total. The maximum atomic E-state index is 10.4.